The zero-order valence-corrected chi connectivity index (χ0v) is 11.8. The van der Waals surface area contributed by atoms with E-state index in [0.29, 0.717) is 5.41 Å². The summed E-state index contributed by atoms with van der Waals surface area (Å²) in [5.74, 6) is 0. The van der Waals surface area contributed by atoms with E-state index >= 15 is 0 Å². The molecule has 0 spiro atoms. The molecule has 0 amide bonds. The fourth-order valence-corrected chi connectivity index (χ4v) is 3.82. The third-order valence-electron chi connectivity index (χ3n) is 3.75. The minimum absolute atomic E-state index is 0.488. The van der Waals surface area contributed by atoms with Gasteiger partial charge in [0.2, 0.25) is 0 Å². The molecule has 2 aliphatic rings. The van der Waals surface area contributed by atoms with Crippen LogP contribution in [0.15, 0.2) is 0 Å². The van der Waals surface area contributed by atoms with Crippen LogP contribution in [0.4, 0.5) is 5.13 Å². The summed E-state index contributed by atoms with van der Waals surface area (Å²) in [6.07, 6.45) is 1.19. The Labute approximate surface area is 107 Å². The molecule has 0 bridgehead atoms. The van der Waals surface area contributed by atoms with E-state index in [9.17, 15) is 0 Å². The second-order valence-corrected chi connectivity index (χ2v) is 7.07. The first kappa shape index (κ1) is 11.5. The predicted molar refractivity (Wildman–Crippen MR) is 72.8 cm³/mol. The van der Waals surface area contributed by atoms with Gasteiger partial charge in [-0.05, 0) is 18.4 Å². The highest BCUT2D eigenvalue weighted by atomic mass is 32.1. The molecule has 1 aromatic rings. The van der Waals surface area contributed by atoms with Gasteiger partial charge in [0.1, 0.15) is 0 Å². The lowest BCUT2D eigenvalue weighted by Gasteiger charge is -2.45. The van der Waals surface area contributed by atoms with E-state index in [1.54, 1.807) is 0 Å². The molecule has 0 unspecified atom stereocenters. The minimum Gasteiger partial charge on any atom is -0.347 e. The van der Waals surface area contributed by atoms with Gasteiger partial charge in [-0.1, -0.05) is 20.8 Å². The molecule has 0 aromatic carbocycles. The van der Waals surface area contributed by atoms with Gasteiger partial charge in [0.15, 0.2) is 5.13 Å². The standard InChI is InChI=1S/C13H21N3S/c1-4-15-6-5-11-10(7-15)14-12(17-11)16-8-13(2,3)9-16/h4-9H2,1-3H3. The van der Waals surface area contributed by atoms with Crippen LogP contribution >= 0.6 is 11.3 Å². The number of anilines is 1. The lowest BCUT2D eigenvalue weighted by atomic mass is 9.85. The summed E-state index contributed by atoms with van der Waals surface area (Å²) in [6.45, 7) is 12.6. The summed E-state index contributed by atoms with van der Waals surface area (Å²) in [5, 5.41) is 1.26. The number of aromatic nitrogens is 1. The molecule has 3 heterocycles. The number of hydrogen-bond acceptors (Lipinski definition) is 4. The van der Waals surface area contributed by atoms with E-state index in [-0.39, 0.29) is 0 Å². The summed E-state index contributed by atoms with van der Waals surface area (Å²) in [6, 6.07) is 0. The molecule has 94 valence electrons. The maximum absolute atomic E-state index is 4.84. The van der Waals surface area contributed by atoms with E-state index < -0.39 is 0 Å². The Hall–Kier alpha value is -0.610. The Kier molecular flexibility index (Phi) is 2.67. The van der Waals surface area contributed by atoms with Gasteiger partial charge in [-0.15, -0.1) is 11.3 Å². The number of nitrogens with zero attached hydrogens (tertiary/aromatic N) is 3. The maximum atomic E-state index is 4.84. The highest BCUT2D eigenvalue weighted by Crippen LogP contribution is 2.38. The van der Waals surface area contributed by atoms with Crippen LogP contribution in [0.25, 0.3) is 0 Å². The Morgan fingerprint density at radius 1 is 1.35 bits per heavy atom. The zero-order chi connectivity index (χ0) is 12.0. The number of hydrogen-bond donors (Lipinski definition) is 0. The van der Waals surface area contributed by atoms with Crippen LogP contribution in [0.1, 0.15) is 31.3 Å². The number of fused-ring (bicyclic) bond motifs is 1. The molecule has 1 aromatic heterocycles. The summed E-state index contributed by atoms with van der Waals surface area (Å²) in [5.41, 5.74) is 1.82. The van der Waals surface area contributed by atoms with Crippen LogP contribution in [-0.4, -0.2) is 36.1 Å². The predicted octanol–water partition coefficient (Wildman–Crippen LogP) is 2.37. The van der Waals surface area contributed by atoms with Crippen molar-refractivity contribution in [1.82, 2.24) is 9.88 Å². The first-order chi connectivity index (χ1) is 8.07. The van der Waals surface area contributed by atoms with Crippen molar-refractivity contribution in [3.05, 3.63) is 10.6 Å². The molecule has 1 fully saturated rings. The second kappa shape index (κ2) is 3.95. The summed E-state index contributed by atoms with van der Waals surface area (Å²) in [4.78, 5) is 11.3. The lowest BCUT2D eigenvalue weighted by Crippen LogP contribution is -2.53. The van der Waals surface area contributed by atoms with Crippen molar-refractivity contribution < 1.29 is 0 Å². The first-order valence-corrected chi connectivity index (χ1v) is 7.35. The molecule has 3 rings (SSSR count). The quantitative estimate of drug-likeness (QED) is 0.804. The van der Waals surface area contributed by atoms with E-state index in [1.807, 2.05) is 11.3 Å². The number of likely N-dealkylation sites (N-methyl/N-ethyl adjacent to an activating group) is 1. The monoisotopic (exact) mass is 251 g/mol. The van der Waals surface area contributed by atoms with E-state index in [4.69, 9.17) is 4.98 Å². The van der Waals surface area contributed by atoms with Gasteiger partial charge in [0, 0.05) is 31.1 Å². The van der Waals surface area contributed by atoms with Crippen LogP contribution in [0.5, 0.6) is 0 Å². The molecule has 1 saturated heterocycles. The molecular weight excluding hydrogens is 230 g/mol. The van der Waals surface area contributed by atoms with E-state index in [1.165, 1.54) is 28.7 Å². The van der Waals surface area contributed by atoms with Crippen LogP contribution < -0.4 is 4.90 Å². The Morgan fingerprint density at radius 3 is 2.76 bits per heavy atom. The van der Waals surface area contributed by atoms with Crippen molar-refractivity contribution in [3.8, 4) is 0 Å². The lowest BCUT2D eigenvalue weighted by molar-refractivity contribution is 0.264. The summed E-state index contributed by atoms with van der Waals surface area (Å²) < 4.78 is 0. The minimum atomic E-state index is 0.488. The van der Waals surface area contributed by atoms with E-state index in [0.717, 1.165) is 26.2 Å². The van der Waals surface area contributed by atoms with Crippen molar-refractivity contribution >= 4 is 16.5 Å². The molecule has 0 radical (unpaired) electrons. The van der Waals surface area contributed by atoms with Crippen LogP contribution in [0.2, 0.25) is 0 Å². The van der Waals surface area contributed by atoms with Crippen LogP contribution in [0, 0.1) is 5.41 Å². The molecular formula is C13H21N3S. The average molecular weight is 251 g/mol. The molecule has 3 nitrogen and oxygen atoms in total. The Morgan fingerprint density at radius 2 is 2.12 bits per heavy atom. The van der Waals surface area contributed by atoms with Crippen molar-refractivity contribution in [1.29, 1.82) is 0 Å². The van der Waals surface area contributed by atoms with Gasteiger partial charge in [0.25, 0.3) is 0 Å². The third kappa shape index (κ3) is 2.08. The molecule has 2 aliphatic heterocycles. The molecule has 0 saturated carbocycles. The summed E-state index contributed by atoms with van der Waals surface area (Å²) >= 11 is 1.92. The topological polar surface area (TPSA) is 19.4 Å². The van der Waals surface area contributed by atoms with Gasteiger partial charge < -0.3 is 4.90 Å². The molecule has 0 N–H and O–H groups in total. The number of thiazole rings is 1. The van der Waals surface area contributed by atoms with Crippen LogP contribution in [0.3, 0.4) is 0 Å². The SMILES string of the molecule is CCN1CCc2sc(N3CC(C)(C)C3)nc2C1. The van der Waals surface area contributed by atoms with Crippen molar-refractivity contribution in [2.45, 2.75) is 33.7 Å². The smallest absolute Gasteiger partial charge is 0.185 e. The fourth-order valence-electron chi connectivity index (χ4n) is 2.77. The van der Waals surface area contributed by atoms with E-state index in [2.05, 4.69) is 30.6 Å². The van der Waals surface area contributed by atoms with Gasteiger partial charge in [-0.2, -0.15) is 0 Å². The number of rotatable bonds is 2. The maximum Gasteiger partial charge on any atom is 0.185 e. The van der Waals surface area contributed by atoms with Gasteiger partial charge in [0.05, 0.1) is 5.69 Å². The molecule has 4 heteroatoms. The van der Waals surface area contributed by atoms with Crippen molar-refractivity contribution in [3.63, 3.8) is 0 Å². The Balaban J connectivity index is 1.75. The summed E-state index contributed by atoms with van der Waals surface area (Å²) in [7, 11) is 0. The average Bonchev–Trinajstić information content (AvgIpc) is 2.67. The van der Waals surface area contributed by atoms with Crippen molar-refractivity contribution in [2.24, 2.45) is 5.41 Å². The third-order valence-corrected chi connectivity index (χ3v) is 4.97. The van der Waals surface area contributed by atoms with Gasteiger partial charge in [-0.3, -0.25) is 4.90 Å². The normalized spacial score (nSPS) is 23.4. The van der Waals surface area contributed by atoms with Gasteiger partial charge >= 0.3 is 0 Å². The second-order valence-electron chi connectivity index (χ2n) is 6.01. The first-order valence-electron chi connectivity index (χ1n) is 6.53. The Bertz CT molecular complexity index is 416. The molecule has 17 heavy (non-hydrogen) atoms. The highest BCUT2D eigenvalue weighted by Gasteiger charge is 2.36. The zero-order valence-electron chi connectivity index (χ0n) is 11.0. The van der Waals surface area contributed by atoms with Crippen molar-refractivity contribution in [2.75, 3.05) is 31.1 Å². The largest absolute Gasteiger partial charge is 0.347 e. The highest BCUT2D eigenvalue weighted by molar-refractivity contribution is 7.15. The fraction of sp³-hybridized carbons (Fsp3) is 0.769. The molecule has 0 aliphatic carbocycles. The van der Waals surface area contributed by atoms with Gasteiger partial charge in [-0.25, -0.2) is 4.98 Å². The molecule has 0 atom stereocenters. The van der Waals surface area contributed by atoms with Crippen LogP contribution in [-0.2, 0) is 13.0 Å².